The second-order valence-electron chi connectivity index (χ2n) is 6.94. The Balaban J connectivity index is 0.000000438. The number of anilines is 1. The molecule has 0 spiro atoms. The zero-order valence-corrected chi connectivity index (χ0v) is 17.3. The zero-order chi connectivity index (χ0) is 21.4. The highest BCUT2D eigenvalue weighted by molar-refractivity contribution is 6.06. The Bertz CT molecular complexity index is 875. The molecule has 0 heterocycles. The Hall–Kier alpha value is -3.15. The fraction of sp³-hybridized carbons (Fsp3) is 0.348. The van der Waals surface area contributed by atoms with Crippen molar-refractivity contribution in [3.05, 3.63) is 64.7 Å². The fourth-order valence-corrected chi connectivity index (χ4v) is 3.25. The second kappa shape index (κ2) is 10.4. The molecule has 2 aromatic rings. The molecule has 3 rings (SSSR count). The number of esters is 1. The van der Waals surface area contributed by atoms with Crippen molar-refractivity contribution in [3.63, 3.8) is 0 Å². The minimum Gasteiger partial charge on any atom is -0.466 e. The maximum Gasteiger partial charge on any atom is 0.302 e. The smallest absolute Gasteiger partial charge is 0.302 e. The number of hydrogen-bond donors (Lipinski definition) is 2. The quantitative estimate of drug-likeness (QED) is 0.469. The lowest BCUT2D eigenvalue weighted by molar-refractivity contribution is -0.140. The van der Waals surface area contributed by atoms with Crippen molar-refractivity contribution in [3.8, 4) is 0 Å². The summed E-state index contributed by atoms with van der Waals surface area (Å²) in [5.41, 5.74) is 10.3. The van der Waals surface area contributed by atoms with Gasteiger partial charge in [-0.05, 0) is 80.1 Å². The number of nitrogens with zero attached hydrogens (tertiary/aromatic N) is 1. The normalized spacial score (nSPS) is 12.1. The molecule has 3 N–H and O–H groups in total. The van der Waals surface area contributed by atoms with Gasteiger partial charge in [0, 0.05) is 30.8 Å². The van der Waals surface area contributed by atoms with Gasteiger partial charge >= 0.3 is 5.97 Å². The van der Waals surface area contributed by atoms with E-state index >= 15 is 0 Å². The first-order chi connectivity index (χ1) is 13.8. The van der Waals surface area contributed by atoms with E-state index in [0.29, 0.717) is 12.2 Å². The highest BCUT2D eigenvalue weighted by Crippen LogP contribution is 2.24. The van der Waals surface area contributed by atoms with E-state index in [-0.39, 0.29) is 17.7 Å². The molecule has 0 saturated heterocycles. The number of rotatable bonds is 4. The van der Waals surface area contributed by atoms with Crippen LogP contribution in [0.2, 0.25) is 0 Å². The summed E-state index contributed by atoms with van der Waals surface area (Å²) in [6, 6.07) is 13.2. The maximum atomic E-state index is 12.7. The molecule has 0 aromatic heterocycles. The average molecular weight is 396 g/mol. The van der Waals surface area contributed by atoms with E-state index < -0.39 is 0 Å². The monoisotopic (exact) mass is 395 g/mol. The van der Waals surface area contributed by atoms with Crippen LogP contribution in [0.4, 0.5) is 5.69 Å². The number of benzene rings is 2. The fourth-order valence-electron chi connectivity index (χ4n) is 3.25. The Labute approximate surface area is 172 Å². The van der Waals surface area contributed by atoms with E-state index in [1.807, 2.05) is 24.3 Å². The van der Waals surface area contributed by atoms with Crippen molar-refractivity contribution in [2.75, 3.05) is 18.6 Å². The lowest BCUT2D eigenvalue weighted by Gasteiger charge is -2.20. The van der Waals surface area contributed by atoms with Crippen molar-refractivity contribution >= 4 is 23.4 Å². The third-order valence-electron chi connectivity index (χ3n) is 4.81. The molecule has 0 aliphatic heterocycles. The predicted molar refractivity (Wildman–Crippen MR) is 116 cm³/mol. The average Bonchev–Trinajstić information content (AvgIpc) is 2.72. The van der Waals surface area contributed by atoms with Crippen LogP contribution in [0.15, 0.2) is 42.5 Å². The summed E-state index contributed by atoms with van der Waals surface area (Å²) >= 11 is 0. The number of nitrogens with one attached hydrogen (secondary N) is 1. The van der Waals surface area contributed by atoms with Gasteiger partial charge in [0.05, 0.1) is 6.61 Å². The van der Waals surface area contributed by atoms with Gasteiger partial charge in [-0.15, -0.1) is 0 Å². The van der Waals surface area contributed by atoms with Crippen LogP contribution < -0.4 is 10.6 Å². The number of aryl methyl sites for hydroxylation is 2. The molecule has 1 aliphatic rings. The molecule has 6 heteroatoms. The molecule has 6 nitrogen and oxygen atoms in total. The van der Waals surface area contributed by atoms with E-state index in [1.165, 1.54) is 30.9 Å². The molecule has 1 aliphatic carbocycles. The Morgan fingerprint density at radius 1 is 1.03 bits per heavy atom. The van der Waals surface area contributed by atoms with Crippen molar-refractivity contribution in [1.82, 2.24) is 0 Å². The number of amidine groups is 1. The number of ether oxygens (including phenoxy) is 1. The van der Waals surface area contributed by atoms with Crippen LogP contribution >= 0.6 is 0 Å². The van der Waals surface area contributed by atoms with Gasteiger partial charge < -0.3 is 15.4 Å². The summed E-state index contributed by atoms with van der Waals surface area (Å²) in [5.74, 6) is -0.202. The SMILES string of the molecule is CCOC(C)=O.CN(C(=O)c1ccc2c(c1)CCCC2)c1ccc(C(=N)N)cc1. The van der Waals surface area contributed by atoms with Crippen LogP contribution in [-0.2, 0) is 22.4 Å². The summed E-state index contributed by atoms with van der Waals surface area (Å²) in [6.45, 7) is 3.65. The minimum absolute atomic E-state index is 0.0195. The van der Waals surface area contributed by atoms with Gasteiger partial charge in [-0.25, -0.2) is 0 Å². The van der Waals surface area contributed by atoms with E-state index in [2.05, 4.69) is 10.8 Å². The van der Waals surface area contributed by atoms with Gasteiger partial charge in [-0.3, -0.25) is 15.0 Å². The van der Waals surface area contributed by atoms with Crippen LogP contribution in [0.25, 0.3) is 0 Å². The van der Waals surface area contributed by atoms with E-state index in [4.69, 9.17) is 11.1 Å². The standard InChI is InChI=1S/C19H21N3O.C4H8O2/c1-22(17-10-8-14(9-11-17)18(20)21)19(23)16-7-6-13-4-2-3-5-15(13)12-16;1-3-6-4(2)5/h6-12H,2-5H2,1H3,(H3,20,21);3H2,1-2H3. The number of nitrogen functional groups attached to an aromatic ring is 1. The Morgan fingerprint density at radius 2 is 1.62 bits per heavy atom. The third kappa shape index (κ3) is 6.17. The molecule has 0 atom stereocenters. The third-order valence-corrected chi connectivity index (χ3v) is 4.81. The molecule has 0 unspecified atom stereocenters. The van der Waals surface area contributed by atoms with Gasteiger partial charge in [0.15, 0.2) is 0 Å². The van der Waals surface area contributed by atoms with Crippen molar-refractivity contribution in [2.45, 2.75) is 39.5 Å². The van der Waals surface area contributed by atoms with Crippen LogP contribution in [0.1, 0.15) is 53.7 Å². The number of amides is 1. The molecular formula is C23H29N3O3. The molecule has 29 heavy (non-hydrogen) atoms. The summed E-state index contributed by atoms with van der Waals surface area (Å²) < 4.78 is 4.40. The molecule has 2 aromatic carbocycles. The first-order valence-corrected chi connectivity index (χ1v) is 9.81. The van der Waals surface area contributed by atoms with Crippen molar-refractivity contribution in [2.24, 2.45) is 5.73 Å². The van der Waals surface area contributed by atoms with Crippen molar-refractivity contribution < 1.29 is 14.3 Å². The number of nitrogens with two attached hydrogens (primary N) is 1. The number of carbonyl (C=O) groups excluding carboxylic acids is 2. The van der Waals surface area contributed by atoms with Gasteiger partial charge in [-0.2, -0.15) is 0 Å². The van der Waals surface area contributed by atoms with Crippen LogP contribution in [0, 0.1) is 5.41 Å². The molecule has 0 radical (unpaired) electrons. The molecule has 0 saturated carbocycles. The van der Waals surface area contributed by atoms with Gasteiger partial charge in [0.25, 0.3) is 5.91 Å². The van der Waals surface area contributed by atoms with E-state index in [0.717, 1.165) is 24.1 Å². The second-order valence-corrected chi connectivity index (χ2v) is 6.94. The summed E-state index contributed by atoms with van der Waals surface area (Å²) in [7, 11) is 1.77. The Morgan fingerprint density at radius 3 is 2.14 bits per heavy atom. The summed E-state index contributed by atoms with van der Waals surface area (Å²) in [4.78, 5) is 24.2. The van der Waals surface area contributed by atoms with Crippen LogP contribution in [0.3, 0.4) is 0 Å². The number of fused-ring (bicyclic) bond motifs is 1. The van der Waals surface area contributed by atoms with Crippen LogP contribution in [-0.4, -0.2) is 31.4 Å². The van der Waals surface area contributed by atoms with Crippen molar-refractivity contribution in [1.29, 1.82) is 5.41 Å². The van der Waals surface area contributed by atoms with Gasteiger partial charge in [0.1, 0.15) is 5.84 Å². The zero-order valence-electron chi connectivity index (χ0n) is 17.3. The maximum absolute atomic E-state index is 12.7. The molecule has 1 amide bonds. The first-order valence-electron chi connectivity index (χ1n) is 9.81. The summed E-state index contributed by atoms with van der Waals surface area (Å²) in [6.07, 6.45) is 4.62. The highest BCUT2D eigenvalue weighted by Gasteiger charge is 2.17. The van der Waals surface area contributed by atoms with Crippen LogP contribution in [0.5, 0.6) is 0 Å². The van der Waals surface area contributed by atoms with Gasteiger partial charge in [-0.1, -0.05) is 6.07 Å². The number of carbonyl (C=O) groups is 2. The van der Waals surface area contributed by atoms with E-state index in [1.54, 1.807) is 31.0 Å². The minimum atomic E-state index is -0.211. The molecule has 154 valence electrons. The molecule has 0 fully saturated rings. The highest BCUT2D eigenvalue weighted by atomic mass is 16.5. The topological polar surface area (TPSA) is 96.5 Å². The van der Waals surface area contributed by atoms with Gasteiger partial charge in [0.2, 0.25) is 0 Å². The first kappa shape index (κ1) is 22.1. The largest absolute Gasteiger partial charge is 0.466 e. The predicted octanol–water partition coefficient (Wildman–Crippen LogP) is 3.70. The number of hydrogen-bond acceptors (Lipinski definition) is 4. The molecule has 0 bridgehead atoms. The lowest BCUT2D eigenvalue weighted by atomic mass is 9.90. The molecular weight excluding hydrogens is 366 g/mol. The van der Waals surface area contributed by atoms with E-state index in [9.17, 15) is 9.59 Å². The summed E-state index contributed by atoms with van der Waals surface area (Å²) in [5, 5.41) is 7.42. The lowest BCUT2D eigenvalue weighted by Crippen LogP contribution is -2.26. The Kier molecular flexibility index (Phi) is 7.95.